The summed E-state index contributed by atoms with van der Waals surface area (Å²) < 4.78 is 0. The monoisotopic (exact) mass is 153 g/mol. The average molecular weight is 153 g/mol. The van der Waals surface area contributed by atoms with Gasteiger partial charge in [-0.15, -0.1) is 0 Å². The van der Waals surface area contributed by atoms with Crippen molar-refractivity contribution in [3.8, 4) is 6.07 Å². The van der Waals surface area contributed by atoms with Crippen LogP contribution in [0.4, 0.5) is 0 Å². The van der Waals surface area contributed by atoms with Crippen LogP contribution in [-0.2, 0) is 0 Å². The van der Waals surface area contributed by atoms with Gasteiger partial charge < -0.3 is 0 Å². The van der Waals surface area contributed by atoms with Gasteiger partial charge in [0.25, 0.3) is 0 Å². The topological polar surface area (TPSA) is 38.8 Å². The lowest BCUT2D eigenvalue weighted by Crippen LogP contribution is -2.40. The van der Waals surface area contributed by atoms with Crippen LogP contribution in [0.5, 0.6) is 0 Å². The molecule has 0 aromatic heterocycles. The van der Waals surface area contributed by atoms with Crippen LogP contribution in [0.1, 0.15) is 13.8 Å². The lowest BCUT2D eigenvalue weighted by atomic mass is 10.1. The van der Waals surface area contributed by atoms with Crippen molar-refractivity contribution in [1.29, 1.82) is 5.26 Å². The first-order chi connectivity index (χ1) is 5.14. The van der Waals surface area contributed by atoms with Crippen LogP contribution in [0.25, 0.3) is 0 Å². The van der Waals surface area contributed by atoms with Crippen LogP contribution >= 0.6 is 0 Å². The molecule has 3 heteroatoms. The molecule has 1 saturated heterocycles. The molecule has 0 aliphatic carbocycles. The second-order valence-corrected chi connectivity index (χ2v) is 3.51. The largest absolute Gasteiger partial charge is 0.300 e. The highest BCUT2D eigenvalue weighted by Gasteiger charge is 2.19. The molecule has 3 nitrogen and oxygen atoms in total. The molecule has 1 N–H and O–H groups in total. The van der Waals surface area contributed by atoms with E-state index < -0.39 is 0 Å². The molecule has 0 unspecified atom stereocenters. The van der Waals surface area contributed by atoms with E-state index >= 15 is 0 Å². The van der Waals surface area contributed by atoms with Gasteiger partial charge in [-0.25, -0.2) is 0 Å². The van der Waals surface area contributed by atoms with Crippen molar-refractivity contribution in [2.45, 2.75) is 19.4 Å². The molecule has 0 atom stereocenters. The minimum atomic E-state index is -0.365. The van der Waals surface area contributed by atoms with Crippen molar-refractivity contribution in [2.75, 3.05) is 26.2 Å². The predicted molar refractivity (Wildman–Crippen MR) is 44.1 cm³/mol. The summed E-state index contributed by atoms with van der Waals surface area (Å²) >= 11 is 0. The Balaban J connectivity index is 2.05. The summed E-state index contributed by atoms with van der Waals surface area (Å²) in [6.07, 6.45) is 0. The molecular formula is C8H15N3. The van der Waals surface area contributed by atoms with E-state index in [-0.39, 0.29) is 5.54 Å². The van der Waals surface area contributed by atoms with Crippen LogP contribution < -0.4 is 5.32 Å². The molecule has 0 radical (unpaired) electrons. The molecule has 1 aliphatic heterocycles. The molecule has 11 heavy (non-hydrogen) atoms. The van der Waals surface area contributed by atoms with E-state index in [0.717, 1.165) is 13.1 Å². The zero-order valence-electron chi connectivity index (χ0n) is 7.22. The van der Waals surface area contributed by atoms with E-state index in [1.807, 2.05) is 13.8 Å². The highest BCUT2D eigenvalue weighted by atomic mass is 15.3. The lowest BCUT2D eigenvalue weighted by Gasteiger charge is -2.17. The van der Waals surface area contributed by atoms with Gasteiger partial charge in [-0.2, -0.15) is 5.26 Å². The summed E-state index contributed by atoms with van der Waals surface area (Å²) in [5.41, 5.74) is -0.365. The first-order valence-corrected chi connectivity index (χ1v) is 4.03. The summed E-state index contributed by atoms with van der Waals surface area (Å²) in [6.45, 7) is 8.25. The van der Waals surface area contributed by atoms with Crippen molar-refractivity contribution in [1.82, 2.24) is 10.2 Å². The van der Waals surface area contributed by atoms with Crippen molar-refractivity contribution in [2.24, 2.45) is 0 Å². The van der Waals surface area contributed by atoms with Crippen LogP contribution in [0, 0.1) is 11.3 Å². The van der Waals surface area contributed by atoms with Crippen LogP contribution in [0.2, 0.25) is 0 Å². The Morgan fingerprint density at radius 2 is 2.18 bits per heavy atom. The molecule has 0 aromatic carbocycles. The molecule has 62 valence electrons. The van der Waals surface area contributed by atoms with Gasteiger partial charge in [-0.1, -0.05) is 0 Å². The van der Waals surface area contributed by atoms with Gasteiger partial charge in [0.1, 0.15) is 5.54 Å². The second kappa shape index (κ2) is 3.21. The lowest BCUT2D eigenvalue weighted by molar-refractivity contribution is 0.443. The molecule has 0 aromatic rings. The molecule has 0 bridgehead atoms. The number of nitrogens with zero attached hydrogens (tertiary/aromatic N) is 2. The van der Waals surface area contributed by atoms with E-state index in [0.29, 0.717) is 0 Å². The number of hydrogen-bond donors (Lipinski definition) is 1. The Labute approximate surface area is 68.0 Å². The van der Waals surface area contributed by atoms with Crippen molar-refractivity contribution >= 4 is 0 Å². The summed E-state index contributed by atoms with van der Waals surface area (Å²) in [5, 5.41) is 11.8. The van der Waals surface area contributed by atoms with Crippen LogP contribution in [0.3, 0.4) is 0 Å². The predicted octanol–water partition coefficient (Wildman–Crippen LogP) is 0.194. The SMILES string of the molecule is CC(C)(C#N)NCCN1CC1. The van der Waals surface area contributed by atoms with E-state index in [4.69, 9.17) is 5.26 Å². The van der Waals surface area contributed by atoms with Gasteiger partial charge in [0, 0.05) is 26.2 Å². The Bertz CT molecular complexity index is 165. The molecule has 0 saturated carbocycles. The molecule has 1 aliphatic rings. The van der Waals surface area contributed by atoms with Gasteiger partial charge in [0.05, 0.1) is 6.07 Å². The molecular weight excluding hydrogens is 138 g/mol. The third-order valence-electron chi connectivity index (χ3n) is 1.81. The number of nitriles is 1. The summed E-state index contributed by atoms with van der Waals surface area (Å²) in [7, 11) is 0. The number of nitrogens with one attached hydrogen (secondary N) is 1. The third kappa shape index (κ3) is 3.35. The van der Waals surface area contributed by atoms with E-state index in [1.54, 1.807) is 0 Å². The van der Waals surface area contributed by atoms with Crippen molar-refractivity contribution < 1.29 is 0 Å². The summed E-state index contributed by atoms with van der Waals surface area (Å²) in [4.78, 5) is 2.33. The van der Waals surface area contributed by atoms with Gasteiger partial charge in [-0.05, 0) is 13.8 Å². The molecule has 0 spiro atoms. The number of hydrogen-bond acceptors (Lipinski definition) is 3. The first kappa shape index (κ1) is 8.51. The first-order valence-electron chi connectivity index (χ1n) is 4.03. The zero-order valence-corrected chi connectivity index (χ0v) is 7.22. The Kier molecular flexibility index (Phi) is 2.48. The Morgan fingerprint density at radius 1 is 1.55 bits per heavy atom. The second-order valence-electron chi connectivity index (χ2n) is 3.51. The maximum Gasteiger partial charge on any atom is 0.101 e. The molecule has 0 amide bonds. The van der Waals surface area contributed by atoms with Gasteiger partial charge in [0.2, 0.25) is 0 Å². The fourth-order valence-corrected chi connectivity index (χ4v) is 0.860. The highest BCUT2D eigenvalue weighted by Crippen LogP contribution is 2.02. The van der Waals surface area contributed by atoms with Crippen molar-refractivity contribution in [3.63, 3.8) is 0 Å². The minimum absolute atomic E-state index is 0.365. The van der Waals surface area contributed by atoms with Crippen LogP contribution in [0.15, 0.2) is 0 Å². The van der Waals surface area contributed by atoms with E-state index in [1.165, 1.54) is 13.1 Å². The zero-order chi connectivity index (χ0) is 8.32. The molecule has 1 rings (SSSR count). The normalized spacial score (nSPS) is 17.9. The fraction of sp³-hybridized carbons (Fsp3) is 0.875. The summed E-state index contributed by atoms with van der Waals surface area (Å²) in [5.74, 6) is 0. The van der Waals surface area contributed by atoms with Gasteiger partial charge in [0.15, 0.2) is 0 Å². The van der Waals surface area contributed by atoms with Gasteiger partial charge in [-0.3, -0.25) is 10.2 Å². The Morgan fingerprint density at radius 3 is 2.64 bits per heavy atom. The standard InChI is InChI=1S/C8H15N3/c1-8(2,7-9)10-3-4-11-5-6-11/h10H,3-6H2,1-2H3. The average Bonchev–Trinajstić information content (AvgIpc) is 2.71. The summed E-state index contributed by atoms with van der Waals surface area (Å²) in [6, 6.07) is 2.21. The van der Waals surface area contributed by atoms with E-state index in [2.05, 4.69) is 16.3 Å². The van der Waals surface area contributed by atoms with Crippen molar-refractivity contribution in [3.05, 3.63) is 0 Å². The number of rotatable bonds is 4. The maximum absolute atomic E-state index is 8.65. The molecule has 1 fully saturated rings. The fourth-order valence-electron chi connectivity index (χ4n) is 0.860. The smallest absolute Gasteiger partial charge is 0.101 e. The Hall–Kier alpha value is -0.590. The quantitative estimate of drug-likeness (QED) is 0.586. The highest BCUT2D eigenvalue weighted by molar-refractivity contribution is 4.99. The van der Waals surface area contributed by atoms with Gasteiger partial charge >= 0.3 is 0 Å². The third-order valence-corrected chi connectivity index (χ3v) is 1.81. The minimum Gasteiger partial charge on any atom is -0.300 e. The molecule has 1 heterocycles. The maximum atomic E-state index is 8.65. The van der Waals surface area contributed by atoms with E-state index in [9.17, 15) is 0 Å². The van der Waals surface area contributed by atoms with Crippen LogP contribution in [-0.4, -0.2) is 36.6 Å².